The van der Waals surface area contributed by atoms with Crippen molar-refractivity contribution in [2.24, 2.45) is 0 Å². The van der Waals surface area contributed by atoms with Gasteiger partial charge in [-0.1, -0.05) is 12.1 Å². The first-order valence-electron chi connectivity index (χ1n) is 7.76. The second-order valence-electron chi connectivity index (χ2n) is 5.68. The third kappa shape index (κ3) is 3.24. The Labute approximate surface area is 124 Å². The Bertz CT molecular complexity index is 590. The van der Waals surface area contributed by atoms with E-state index in [1.807, 2.05) is 0 Å². The van der Waals surface area contributed by atoms with E-state index in [0.717, 1.165) is 56.6 Å². The second-order valence-corrected chi connectivity index (χ2v) is 5.68. The van der Waals surface area contributed by atoms with Crippen molar-refractivity contribution in [1.29, 1.82) is 0 Å². The summed E-state index contributed by atoms with van der Waals surface area (Å²) in [5.41, 5.74) is 1.61. The molecule has 0 radical (unpaired) electrons. The predicted molar refractivity (Wildman–Crippen MR) is 80.9 cm³/mol. The predicted octanol–water partition coefficient (Wildman–Crippen LogP) is 2.76. The molecular formula is C16H22FN3O. The molecule has 0 aliphatic carbocycles. The highest BCUT2D eigenvalue weighted by molar-refractivity contribution is 5.79. The molecule has 21 heavy (non-hydrogen) atoms. The summed E-state index contributed by atoms with van der Waals surface area (Å²) >= 11 is 0. The maximum absolute atomic E-state index is 13.4. The van der Waals surface area contributed by atoms with Crippen LogP contribution in [0, 0.1) is 5.82 Å². The Balaban J connectivity index is 1.64. The summed E-state index contributed by atoms with van der Waals surface area (Å²) in [4.78, 5) is 2.47. The summed E-state index contributed by atoms with van der Waals surface area (Å²) in [6, 6.07) is 4.62. The molecule has 1 aromatic heterocycles. The van der Waals surface area contributed by atoms with Gasteiger partial charge in [0.05, 0.1) is 5.69 Å². The number of nitrogens with one attached hydrogen (secondary N) is 1. The van der Waals surface area contributed by atoms with E-state index in [1.54, 1.807) is 12.1 Å². The number of hydrogen-bond acceptors (Lipinski definition) is 4. The molecule has 1 aliphatic rings. The zero-order valence-corrected chi connectivity index (χ0v) is 12.4. The highest BCUT2D eigenvalue weighted by atomic mass is 19.1. The number of fused-ring (bicyclic) bond motifs is 1. The molecule has 1 aromatic carbocycles. The Hall–Kier alpha value is -1.46. The fraction of sp³-hybridized carbons (Fsp3) is 0.562. The molecule has 3 rings (SSSR count). The van der Waals surface area contributed by atoms with Crippen molar-refractivity contribution >= 4 is 11.0 Å². The van der Waals surface area contributed by atoms with E-state index in [9.17, 15) is 4.39 Å². The van der Waals surface area contributed by atoms with Crippen LogP contribution in [0.5, 0.6) is 0 Å². The van der Waals surface area contributed by atoms with Gasteiger partial charge in [0, 0.05) is 24.4 Å². The van der Waals surface area contributed by atoms with E-state index in [4.69, 9.17) is 4.52 Å². The molecule has 0 amide bonds. The number of aromatic nitrogens is 1. The van der Waals surface area contributed by atoms with Gasteiger partial charge in [0.1, 0.15) is 5.82 Å². The molecule has 0 bridgehead atoms. The summed E-state index contributed by atoms with van der Waals surface area (Å²) in [5.74, 6) is 0.151. The topological polar surface area (TPSA) is 41.3 Å². The summed E-state index contributed by atoms with van der Waals surface area (Å²) < 4.78 is 18.7. The van der Waals surface area contributed by atoms with Crippen LogP contribution in [0.15, 0.2) is 22.7 Å². The first-order valence-corrected chi connectivity index (χ1v) is 7.76. The van der Waals surface area contributed by atoms with Gasteiger partial charge in [-0.25, -0.2) is 4.39 Å². The lowest BCUT2D eigenvalue weighted by atomic mass is 9.91. The van der Waals surface area contributed by atoms with Crippen LogP contribution >= 0.6 is 0 Å². The lowest BCUT2D eigenvalue weighted by molar-refractivity contribution is 0.210. The van der Waals surface area contributed by atoms with Gasteiger partial charge in [0.15, 0.2) is 5.58 Å². The maximum atomic E-state index is 13.4. The summed E-state index contributed by atoms with van der Waals surface area (Å²) in [6.45, 7) is 7.42. The van der Waals surface area contributed by atoms with Crippen molar-refractivity contribution in [2.75, 3.05) is 32.7 Å². The Morgan fingerprint density at radius 3 is 2.95 bits per heavy atom. The van der Waals surface area contributed by atoms with Crippen LogP contribution in [-0.2, 0) is 0 Å². The fourth-order valence-electron chi connectivity index (χ4n) is 3.07. The van der Waals surface area contributed by atoms with Gasteiger partial charge < -0.3 is 14.7 Å². The Morgan fingerprint density at radius 2 is 2.19 bits per heavy atom. The van der Waals surface area contributed by atoms with Gasteiger partial charge >= 0.3 is 0 Å². The highest BCUT2D eigenvalue weighted by Gasteiger charge is 2.24. The normalized spacial score (nSPS) is 17.6. The average Bonchev–Trinajstić information content (AvgIpc) is 2.91. The molecular weight excluding hydrogens is 269 g/mol. The zero-order valence-electron chi connectivity index (χ0n) is 12.4. The Morgan fingerprint density at radius 1 is 1.38 bits per heavy atom. The number of nitrogens with zero attached hydrogens (tertiary/aromatic N) is 2. The number of piperidine rings is 1. The van der Waals surface area contributed by atoms with Gasteiger partial charge in [0.25, 0.3) is 0 Å². The summed E-state index contributed by atoms with van der Waals surface area (Å²) in [7, 11) is 0. The van der Waals surface area contributed by atoms with Crippen molar-refractivity contribution in [3.05, 3.63) is 29.7 Å². The van der Waals surface area contributed by atoms with Crippen molar-refractivity contribution in [1.82, 2.24) is 15.4 Å². The van der Waals surface area contributed by atoms with Crippen LogP contribution in [-0.4, -0.2) is 42.8 Å². The first-order chi connectivity index (χ1) is 10.3. The molecule has 1 N–H and O–H groups in total. The first kappa shape index (κ1) is 14.5. The third-order valence-corrected chi connectivity index (χ3v) is 4.29. The number of likely N-dealkylation sites (tertiary alicyclic amines) is 1. The molecule has 5 heteroatoms. The average molecular weight is 291 g/mol. The van der Waals surface area contributed by atoms with Crippen molar-refractivity contribution in [3.63, 3.8) is 0 Å². The number of benzene rings is 1. The van der Waals surface area contributed by atoms with Gasteiger partial charge in [-0.3, -0.25) is 0 Å². The van der Waals surface area contributed by atoms with Gasteiger partial charge in [-0.15, -0.1) is 0 Å². The van der Waals surface area contributed by atoms with E-state index in [1.165, 1.54) is 6.07 Å². The van der Waals surface area contributed by atoms with E-state index >= 15 is 0 Å². The number of halogens is 1. The van der Waals surface area contributed by atoms with Gasteiger partial charge in [-0.05, 0) is 50.7 Å². The van der Waals surface area contributed by atoms with Crippen molar-refractivity contribution < 1.29 is 8.91 Å². The van der Waals surface area contributed by atoms with E-state index < -0.39 is 0 Å². The summed E-state index contributed by atoms with van der Waals surface area (Å²) in [6.07, 6.45) is 2.12. The zero-order chi connectivity index (χ0) is 14.7. The molecule has 2 heterocycles. The molecule has 0 atom stereocenters. The fourth-order valence-corrected chi connectivity index (χ4v) is 3.07. The largest absolute Gasteiger partial charge is 0.356 e. The van der Waals surface area contributed by atoms with Crippen LogP contribution < -0.4 is 5.32 Å². The molecule has 0 spiro atoms. The standard InChI is InChI=1S/C16H22FN3O/c1-2-18-7-10-20-8-5-12(6-9-20)16-14-11-13(17)3-4-15(14)21-19-16/h3-4,11-12,18H,2,5-10H2,1H3. The van der Waals surface area contributed by atoms with Gasteiger partial charge in [-0.2, -0.15) is 0 Å². The van der Waals surface area contributed by atoms with Crippen molar-refractivity contribution in [3.8, 4) is 0 Å². The molecule has 1 saturated heterocycles. The van der Waals surface area contributed by atoms with Crippen LogP contribution in [0.4, 0.5) is 4.39 Å². The lowest BCUT2D eigenvalue weighted by Crippen LogP contribution is -2.37. The minimum absolute atomic E-state index is 0.227. The minimum Gasteiger partial charge on any atom is -0.356 e. The number of hydrogen-bond donors (Lipinski definition) is 1. The smallest absolute Gasteiger partial charge is 0.167 e. The Kier molecular flexibility index (Phi) is 4.51. The maximum Gasteiger partial charge on any atom is 0.167 e. The SMILES string of the molecule is CCNCCN1CCC(c2noc3ccc(F)cc23)CC1. The van der Waals surface area contributed by atoms with Crippen LogP contribution in [0.1, 0.15) is 31.4 Å². The minimum atomic E-state index is -0.227. The number of rotatable bonds is 5. The lowest BCUT2D eigenvalue weighted by Gasteiger charge is -2.31. The molecule has 114 valence electrons. The summed E-state index contributed by atoms with van der Waals surface area (Å²) in [5, 5.41) is 8.38. The number of likely N-dealkylation sites (N-methyl/N-ethyl adjacent to an activating group) is 1. The molecule has 2 aromatic rings. The van der Waals surface area contributed by atoms with Crippen LogP contribution in [0.25, 0.3) is 11.0 Å². The molecule has 0 unspecified atom stereocenters. The quantitative estimate of drug-likeness (QED) is 0.860. The second kappa shape index (κ2) is 6.54. The van der Waals surface area contributed by atoms with E-state index in [-0.39, 0.29) is 5.82 Å². The highest BCUT2D eigenvalue weighted by Crippen LogP contribution is 2.32. The molecule has 4 nitrogen and oxygen atoms in total. The van der Waals surface area contributed by atoms with E-state index in [0.29, 0.717) is 11.5 Å². The van der Waals surface area contributed by atoms with Crippen molar-refractivity contribution in [2.45, 2.75) is 25.7 Å². The van der Waals surface area contributed by atoms with E-state index in [2.05, 4.69) is 22.3 Å². The van der Waals surface area contributed by atoms with Gasteiger partial charge in [0.2, 0.25) is 0 Å². The molecule has 1 fully saturated rings. The van der Waals surface area contributed by atoms with Crippen LogP contribution in [0.2, 0.25) is 0 Å². The van der Waals surface area contributed by atoms with Crippen LogP contribution in [0.3, 0.4) is 0 Å². The third-order valence-electron chi connectivity index (χ3n) is 4.29. The molecule has 0 saturated carbocycles. The molecule has 1 aliphatic heterocycles. The monoisotopic (exact) mass is 291 g/mol.